The lowest BCUT2D eigenvalue weighted by molar-refractivity contribution is -0.135. The molecule has 0 N–H and O–H groups in total. The van der Waals surface area contributed by atoms with E-state index in [1.54, 1.807) is 4.90 Å². The molecule has 1 aliphatic carbocycles. The number of piperidine rings is 1. The summed E-state index contributed by atoms with van der Waals surface area (Å²) in [4.78, 5) is 13.8. The van der Waals surface area contributed by atoms with Gasteiger partial charge in [-0.2, -0.15) is 0 Å². The van der Waals surface area contributed by atoms with Crippen LogP contribution in [0.4, 0.5) is 0 Å². The van der Waals surface area contributed by atoms with E-state index in [4.69, 9.17) is 23.2 Å². The van der Waals surface area contributed by atoms with Crippen molar-refractivity contribution in [2.24, 2.45) is 0 Å². The molecular weight excluding hydrogens is 360 g/mol. The third kappa shape index (κ3) is 2.57. The Morgan fingerprint density at radius 1 is 1.50 bits per heavy atom. The van der Waals surface area contributed by atoms with Crippen LogP contribution in [0.3, 0.4) is 0 Å². The second kappa shape index (κ2) is 4.86. The number of carbonyl (C=O) groups excluding carboxylic acids is 1. The van der Waals surface area contributed by atoms with E-state index in [0.717, 1.165) is 19.4 Å². The Labute approximate surface area is 119 Å². The maximum absolute atomic E-state index is 12.0. The fraction of sp³-hybridized carbons (Fsp3) is 0.545. The minimum Gasteiger partial charge on any atom is -0.333 e. The van der Waals surface area contributed by atoms with Gasteiger partial charge in [-0.25, -0.2) is 0 Å². The third-order valence-electron chi connectivity index (χ3n) is 2.90. The second-order valence-electron chi connectivity index (χ2n) is 4.06. The van der Waals surface area contributed by atoms with Gasteiger partial charge >= 0.3 is 0 Å². The standard InChI is InChI=1S/C11H12Cl2INO/c12-11(13)6-1-7-15(10(11)16)9-4-2-8(14)3-5-9/h2-4,9H,1,5-7H2. The molecule has 1 unspecified atom stereocenters. The van der Waals surface area contributed by atoms with Crippen LogP contribution in [0, 0.1) is 0 Å². The van der Waals surface area contributed by atoms with Gasteiger partial charge in [-0.3, -0.25) is 4.79 Å². The van der Waals surface area contributed by atoms with Crippen LogP contribution in [0.5, 0.6) is 0 Å². The highest BCUT2D eigenvalue weighted by Gasteiger charge is 2.42. The third-order valence-corrected chi connectivity index (χ3v) is 4.40. The number of hydrogen-bond acceptors (Lipinski definition) is 1. The molecule has 2 rings (SSSR count). The molecule has 2 aliphatic rings. The molecular formula is C11H12Cl2INO. The van der Waals surface area contributed by atoms with Crippen molar-refractivity contribution >= 4 is 51.7 Å². The minimum atomic E-state index is -1.22. The zero-order valence-electron chi connectivity index (χ0n) is 8.63. The zero-order valence-corrected chi connectivity index (χ0v) is 12.3. The van der Waals surface area contributed by atoms with Crippen molar-refractivity contribution in [2.75, 3.05) is 6.54 Å². The van der Waals surface area contributed by atoms with Crippen molar-refractivity contribution in [3.8, 4) is 0 Å². The van der Waals surface area contributed by atoms with Crippen molar-refractivity contribution in [2.45, 2.75) is 29.6 Å². The zero-order chi connectivity index (χ0) is 11.8. The van der Waals surface area contributed by atoms with Crippen LogP contribution in [0.25, 0.3) is 0 Å². The first kappa shape index (κ1) is 12.7. The highest BCUT2D eigenvalue weighted by atomic mass is 127. The Kier molecular flexibility index (Phi) is 3.86. The fourth-order valence-corrected chi connectivity index (χ4v) is 2.97. The van der Waals surface area contributed by atoms with Gasteiger partial charge in [0.1, 0.15) is 0 Å². The molecule has 1 fully saturated rings. The summed E-state index contributed by atoms with van der Waals surface area (Å²) in [6.45, 7) is 0.749. The lowest BCUT2D eigenvalue weighted by Gasteiger charge is -2.38. The molecule has 0 bridgehead atoms. The largest absolute Gasteiger partial charge is 0.333 e. The van der Waals surface area contributed by atoms with Gasteiger partial charge in [0.05, 0.1) is 6.04 Å². The molecule has 0 spiro atoms. The number of nitrogens with zero attached hydrogens (tertiary/aromatic N) is 1. The van der Waals surface area contributed by atoms with E-state index < -0.39 is 4.33 Å². The van der Waals surface area contributed by atoms with Crippen LogP contribution in [0.2, 0.25) is 0 Å². The lowest BCUT2D eigenvalue weighted by Crippen LogP contribution is -2.51. The second-order valence-corrected chi connectivity index (χ2v) is 6.79. The minimum absolute atomic E-state index is 0.114. The maximum Gasteiger partial charge on any atom is 0.259 e. The molecule has 1 amide bonds. The van der Waals surface area contributed by atoms with Gasteiger partial charge in [0, 0.05) is 10.1 Å². The van der Waals surface area contributed by atoms with Gasteiger partial charge in [0.25, 0.3) is 5.91 Å². The first-order valence-corrected chi connectivity index (χ1v) is 7.07. The van der Waals surface area contributed by atoms with E-state index >= 15 is 0 Å². The van der Waals surface area contributed by atoms with Crippen molar-refractivity contribution < 1.29 is 4.79 Å². The molecule has 2 nitrogen and oxygen atoms in total. The summed E-state index contributed by atoms with van der Waals surface area (Å²) in [6.07, 6.45) is 8.47. The molecule has 5 heteroatoms. The Morgan fingerprint density at radius 3 is 2.88 bits per heavy atom. The van der Waals surface area contributed by atoms with E-state index in [1.165, 1.54) is 3.58 Å². The molecule has 0 saturated carbocycles. The first-order chi connectivity index (χ1) is 7.50. The van der Waals surface area contributed by atoms with Gasteiger partial charge < -0.3 is 4.90 Å². The van der Waals surface area contributed by atoms with Crippen molar-refractivity contribution in [1.82, 2.24) is 4.90 Å². The summed E-state index contributed by atoms with van der Waals surface area (Å²) in [5, 5.41) is 0. The van der Waals surface area contributed by atoms with E-state index in [2.05, 4.69) is 34.7 Å². The van der Waals surface area contributed by atoms with Crippen LogP contribution >= 0.6 is 45.8 Å². The average molecular weight is 372 g/mol. The number of halogens is 3. The van der Waals surface area contributed by atoms with Gasteiger partial charge in [-0.15, -0.1) is 0 Å². The number of rotatable bonds is 1. The summed E-state index contributed by atoms with van der Waals surface area (Å²) in [7, 11) is 0. The lowest BCUT2D eigenvalue weighted by atomic mass is 10.0. The summed E-state index contributed by atoms with van der Waals surface area (Å²) in [5.74, 6) is -0.151. The molecule has 0 aromatic rings. The van der Waals surface area contributed by atoms with Crippen molar-refractivity contribution in [3.05, 3.63) is 21.8 Å². The Morgan fingerprint density at radius 2 is 2.25 bits per heavy atom. The highest BCUT2D eigenvalue weighted by Crippen LogP contribution is 2.35. The topological polar surface area (TPSA) is 20.3 Å². The summed E-state index contributed by atoms with van der Waals surface area (Å²) < 4.78 is -0.0123. The SMILES string of the molecule is O=C1N(C2C=CC(I)=CC2)CCCC1(Cl)Cl. The predicted molar refractivity (Wildman–Crippen MR) is 75.0 cm³/mol. The van der Waals surface area contributed by atoms with E-state index in [9.17, 15) is 4.79 Å². The van der Waals surface area contributed by atoms with Gasteiger partial charge in [-0.1, -0.05) is 41.4 Å². The molecule has 1 aliphatic heterocycles. The molecule has 0 radical (unpaired) electrons. The van der Waals surface area contributed by atoms with Gasteiger partial charge in [0.2, 0.25) is 0 Å². The number of alkyl halides is 2. The fourth-order valence-electron chi connectivity index (χ4n) is 2.02. The van der Waals surface area contributed by atoms with E-state index in [0.29, 0.717) is 6.42 Å². The molecule has 0 aromatic carbocycles. The molecule has 88 valence electrons. The molecule has 0 aromatic heterocycles. The normalized spacial score (nSPS) is 29.2. The number of likely N-dealkylation sites (tertiary alicyclic amines) is 1. The van der Waals surface area contributed by atoms with Crippen LogP contribution in [-0.2, 0) is 4.79 Å². The maximum atomic E-state index is 12.0. The number of allylic oxidation sites excluding steroid dienone is 2. The quantitative estimate of drug-likeness (QED) is 0.510. The van der Waals surface area contributed by atoms with Crippen LogP contribution < -0.4 is 0 Å². The van der Waals surface area contributed by atoms with Crippen molar-refractivity contribution in [3.63, 3.8) is 0 Å². The van der Waals surface area contributed by atoms with Crippen LogP contribution in [0.1, 0.15) is 19.3 Å². The Balaban J connectivity index is 2.11. The molecule has 1 saturated heterocycles. The summed E-state index contributed by atoms with van der Waals surface area (Å²) in [6, 6.07) is 0.114. The number of amides is 1. The monoisotopic (exact) mass is 371 g/mol. The Hall–Kier alpha value is 0.260. The number of hydrogen-bond donors (Lipinski definition) is 0. The predicted octanol–water partition coefficient (Wildman–Crippen LogP) is 3.43. The molecule has 1 atom stereocenters. The number of carbonyl (C=O) groups is 1. The molecule has 16 heavy (non-hydrogen) atoms. The Bertz CT molecular complexity index is 365. The van der Waals surface area contributed by atoms with Crippen LogP contribution in [-0.4, -0.2) is 27.7 Å². The highest BCUT2D eigenvalue weighted by molar-refractivity contribution is 14.1. The first-order valence-electron chi connectivity index (χ1n) is 5.23. The summed E-state index contributed by atoms with van der Waals surface area (Å²) in [5.41, 5.74) is 0. The smallest absolute Gasteiger partial charge is 0.259 e. The average Bonchev–Trinajstić information content (AvgIpc) is 2.24. The van der Waals surface area contributed by atoms with Gasteiger partial charge in [0.15, 0.2) is 4.33 Å². The van der Waals surface area contributed by atoms with Crippen molar-refractivity contribution in [1.29, 1.82) is 0 Å². The molecule has 1 heterocycles. The van der Waals surface area contributed by atoms with E-state index in [1.807, 2.05) is 6.08 Å². The van der Waals surface area contributed by atoms with Crippen LogP contribution in [0.15, 0.2) is 21.8 Å². The van der Waals surface area contributed by atoms with Gasteiger partial charge in [-0.05, 0) is 41.9 Å². The van der Waals surface area contributed by atoms with E-state index in [-0.39, 0.29) is 11.9 Å². The summed E-state index contributed by atoms with van der Waals surface area (Å²) >= 11 is 14.3.